The van der Waals surface area contributed by atoms with Crippen LogP contribution in [-0.4, -0.2) is 17.7 Å². The maximum absolute atomic E-state index is 13.8. The number of hydrogen-bond acceptors (Lipinski definition) is 5. The van der Waals surface area contributed by atoms with Gasteiger partial charge in [-0.1, -0.05) is 116 Å². The van der Waals surface area contributed by atoms with Crippen molar-refractivity contribution in [3.63, 3.8) is 0 Å². The molecule has 0 aromatic heterocycles. The molecule has 54 heavy (non-hydrogen) atoms. The highest BCUT2D eigenvalue weighted by Crippen LogP contribution is 2.37. The van der Waals surface area contributed by atoms with Crippen molar-refractivity contribution in [2.75, 3.05) is 10.6 Å². The van der Waals surface area contributed by atoms with Crippen LogP contribution in [0.5, 0.6) is 5.75 Å². The maximum Gasteiger partial charge on any atom is 0.272 e. The smallest absolute Gasteiger partial charge is 0.272 e. The largest absolute Gasteiger partial charge is 0.489 e. The SMILES string of the molecule is CCc1cccc(C)c1NC(=O)C(Sc1ccc(NC(=O)/C(=C/c2ccc(OCc3ccccc3)cc2)NC(=O)c2ccccc2)cc1)c1ccccc1. The number of para-hydroxylation sites is 1. The first kappa shape index (κ1) is 37.4. The molecule has 6 aromatic rings. The summed E-state index contributed by atoms with van der Waals surface area (Å²) >= 11 is 1.43. The Labute approximate surface area is 320 Å². The lowest BCUT2D eigenvalue weighted by molar-refractivity contribution is -0.116. The second-order valence-corrected chi connectivity index (χ2v) is 13.7. The number of thioether (sulfide) groups is 1. The van der Waals surface area contributed by atoms with Gasteiger partial charge in [-0.05, 0) is 95.8 Å². The third-order valence-electron chi connectivity index (χ3n) is 8.66. The molecule has 3 amide bonds. The number of carbonyl (C=O) groups excluding carboxylic acids is 3. The van der Waals surface area contributed by atoms with Crippen molar-refractivity contribution in [2.24, 2.45) is 0 Å². The van der Waals surface area contributed by atoms with Gasteiger partial charge in [-0.2, -0.15) is 0 Å². The molecule has 0 aliphatic rings. The van der Waals surface area contributed by atoms with Crippen molar-refractivity contribution in [3.8, 4) is 5.75 Å². The van der Waals surface area contributed by atoms with Crippen molar-refractivity contribution in [1.29, 1.82) is 0 Å². The van der Waals surface area contributed by atoms with E-state index >= 15 is 0 Å². The lowest BCUT2D eigenvalue weighted by Gasteiger charge is -2.20. The van der Waals surface area contributed by atoms with Gasteiger partial charge >= 0.3 is 0 Å². The Hall–Kier alpha value is -6.38. The molecule has 0 aliphatic heterocycles. The molecule has 0 heterocycles. The summed E-state index contributed by atoms with van der Waals surface area (Å²) < 4.78 is 5.92. The highest BCUT2D eigenvalue weighted by molar-refractivity contribution is 8.00. The first-order valence-electron chi connectivity index (χ1n) is 17.7. The van der Waals surface area contributed by atoms with Crippen molar-refractivity contribution in [1.82, 2.24) is 5.32 Å². The molecule has 6 rings (SSSR count). The minimum absolute atomic E-state index is 0.0729. The second kappa shape index (κ2) is 18.4. The third kappa shape index (κ3) is 10.1. The molecule has 0 fully saturated rings. The topological polar surface area (TPSA) is 96.5 Å². The first-order valence-corrected chi connectivity index (χ1v) is 18.6. The lowest BCUT2D eigenvalue weighted by atomic mass is 10.1. The van der Waals surface area contributed by atoms with Crippen LogP contribution in [0.2, 0.25) is 0 Å². The summed E-state index contributed by atoms with van der Waals surface area (Å²) in [6, 6.07) is 49.0. The van der Waals surface area contributed by atoms with E-state index in [4.69, 9.17) is 4.74 Å². The zero-order chi connectivity index (χ0) is 37.7. The van der Waals surface area contributed by atoms with E-state index in [9.17, 15) is 14.4 Å². The van der Waals surface area contributed by atoms with E-state index < -0.39 is 17.1 Å². The Morgan fingerprint density at radius 2 is 1.35 bits per heavy atom. The minimum atomic E-state index is -0.520. The lowest BCUT2D eigenvalue weighted by Crippen LogP contribution is -2.30. The molecular formula is C46H41N3O4S. The van der Waals surface area contributed by atoms with Gasteiger partial charge in [0, 0.05) is 21.8 Å². The summed E-state index contributed by atoms with van der Waals surface area (Å²) in [7, 11) is 0. The predicted octanol–water partition coefficient (Wildman–Crippen LogP) is 10.0. The van der Waals surface area contributed by atoms with Crippen LogP contribution in [0.25, 0.3) is 6.08 Å². The molecule has 0 aliphatic carbocycles. The van der Waals surface area contributed by atoms with Crippen molar-refractivity contribution in [3.05, 3.63) is 197 Å². The second-order valence-electron chi connectivity index (χ2n) is 12.6. The van der Waals surface area contributed by atoms with E-state index in [2.05, 4.69) is 22.9 Å². The summed E-state index contributed by atoms with van der Waals surface area (Å²) in [4.78, 5) is 41.6. The highest BCUT2D eigenvalue weighted by atomic mass is 32.2. The van der Waals surface area contributed by atoms with E-state index in [1.807, 2.05) is 128 Å². The number of amides is 3. The number of aryl methyl sites for hydroxylation is 2. The monoisotopic (exact) mass is 731 g/mol. The molecule has 0 saturated heterocycles. The van der Waals surface area contributed by atoms with E-state index in [1.165, 1.54) is 11.8 Å². The van der Waals surface area contributed by atoms with E-state index in [0.717, 1.165) is 39.3 Å². The molecule has 3 N–H and O–H groups in total. The van der Waals surface area contributed by atoms with Crippen molar-refractivity contribution < 1.29 is 19.1 Å². The third-order valence-corrected chi connectivity index (χ3v) is 9.93. The molecule has 0 bridgehead atoms. The van der Waals surface area contributed by atoms with Gasteiger partial charge in [0.1, 0.15) is 23.3 Å². The van der Waals surface area contributed by atoms with Gasteiger partial charge in [-0.25, -0.2) is 0 Å². The quantitative estimate of drug-likeness (QED) is 0.0766. The van der Waals surface area contributed by atoms with Gasteiger partial charge in [-0.3, -0.25) is 14.4 Å². The number of rotatable bonds is 14. The minimum Gasteiger partial charge on any atom is -0.489 e. The normalized spacial score (nSPS) is 11.6. The molecule has 270 valence electrons. The zero-order valence-electron chi connectivity index (χ0n) is 30.1. The summed E-state index contributed by atoms with van der Waals surface area (Å²) in [6.45, 7) is 4.51. The Kier molecular flexibility index (Phi) is 12.7. The zero-order valence-corrected chi connectivity index (χ0v) is 30.9. The predicted molar refractivity (Wildman–Crippen MR) is 218 cm³/mol. The van der Waals surface area contributed by atoms with Crippen LogP contribution >= 0.6 is 11.8 Å². The fourth-order valence-corrected chi connectivity index (χ4v) is 6.78. The molecule has 7 nitrogen and oxygen atoms in total. The van der Waals surface area contributed by atoms with Crippen LogP contribution in [0.15, 0.2) is 168 Å². The van der Waals surface area contributed by atoms with Crippen LogP contribution in [-0.2, 0) is 22.6 Å². The number of anilines is 2. The Bertz CT molecular complexity index is 2210. The fraction of sp³-hybridized carbons (Fsp3) is 0.109. The number of carbonyl (C=O) groups is 3. The standard InChI is InChI=1S/C46H41N3O4S/c1-3-35-21-13-14-32(2)42(35)49-46(52)43(36-17-9-5-10-18-36)54-40-28-24-38(25-29-40)47-45(51)41(48-44(50)37-19-11-6-12-20-37)30-33-22-26-39(27-23-33)53-31-34-15-7-4-8-16-34/h4-30,43H,3,31H2,1-2H3,(H,47,51)(H,48,50)(H,49,52)/b41-30-. The molecular weight excluding hydrogens is 691 g/mol. The Balaban J connectivity index is 1.18. The van der Waals surface area contributed by atoms with Gasteiger partial charge in [0.15, 0.2) is 0 Å². The van der Waals surface area contributed by atoms with E-state index in [1.54, 1.807) is 42.5 Å². The van der Waals surface area contributed by atoms with Gasteiger partial charge < -0.3 is 20.7 Å². The van der Waals surface area contributed by atoms with Crippen LogP contribution in [0, 0.1) is 6.92 Å². The van der Waals surface area contributed by atoms with Crippen molar-refractivity contribution in [2.45, 2.75) is 37.0 Å². The maximum atomic E-state index is 13.8. The average Bonchev–Trinajstić information content (AvgIpc) is 3.21. The van der Waals surface area contributed by atoms with Crippen molar-refractivity contribution >= 4 is 46.9 Å². The summed E-state index contributed by atoms with van der Waals surface area (Å²) in [5, 5.41) is 8.39. The van der Waals surface area contributed by atoms with E-state index in [-0.39, 0.29) is 11.6 Å². The molecule has 0 radical (unpaired) electrons. The van der Waals surface area contributed by atoms with Gasteiger partial charge in [0.25, 0.3) is 11.8 Å². The summed E-state index contributed by atoms with van der Waals surface area (Å²) in [6.07, 6.45) is 2.43. The van der Waals surface area contributed by atoms with Gasteiger partial charge in [0.05, 0.1) is 0 Å². The van der Waals surface area contributed by atoms with E-state index in [0.29, 0.717) is 29.2 Å². The molecule has 0 saturated carbocycles. The van der Waals surface area contributed by atoms with Gasteiger partial charge in [0.2, 0.25) is 5.91 Å². The average molecular weight is 732 g/mol. The number of benzene rings is 6. The number of hydrogen-bond donors (Lipinski definition) is 3. The van der Waals surface area contributed by atoms with Crippen LogP contribution in [0.1, 0.15) is 50.3 Å². The fourth-order valence-electron chi connectivity index (χ4n) is 5.75. The molecule has 6 aromatic carbocycles. The molecule has 1 atom stereocenters. The number of ether oxygens (including phenoxy) is 1. The summed E-state index contributed by atoms with van der Waals surface area (Å²) in [5.41, 5.74) is 6.61. The first-order chi connectivity index (χ1) is 26.4. The summed E-state index contributed by atoms with van der Waals surface area (Å²) in [5.74, 6) is -0.336. The highest BCUT2D eigenvalue weighted by Gasteiger charge is 2.24. The Morgan fingerprint density at radius 1 is 0.704 bits per heavy atom. The van der Waals surface area contributed by atoms with Crippen LogP contribution < -0.4 is 20.7 Å². The molecule has 0 spiro atoms. The Morgan fingerprint density at radius 3 is 2.02 bits per heavy atom. The van der Waals surface area contributed by atoms with Crippen LogP contribution in [0.4, 0.5) is 11.4 Å². The molecule has 1 unspecified atom stereocenters. The molecule has 8 heteroatoms. The number of nitrogens with one attached hydrogen (secondary N) is 3. The van der Waals surface area contributed by atoms with Crippen LogP contribution in [0.3, 0.4) is 0 Å². The van der Waals surface area contributed by atoms with Gasteiger partial charge in [-0.15, -0.1) is 11.8 Å².